The Labute approximate surface area is 242 Å². The highest BCUT2D eigenvalue weighted by molar-refractivity contribution is 8.16. The first-order valence-electron chi connectivity index (χ1n) is 13.0. The van der Waals surface area contributed by atoms with Gasteiger partial charge < -0.3 is 24.4 Å². The van der Waals surface area contributed by atoms with E-state index in [1.165, 1.54) is 18.9 Å². The number of carbonyl (C=O) groups is 2. The number of amides is 1. The summed E-state index contributed by atoms with van der Waals surface area (Å²) >= 11 is 1.42. The van der Waals surface area contributed by atoms with Crippen molar-refractivity contribution in [2.45, 2.75) is 32.5 Å². The first kappa shape index (κ1) is 28.0. The molecule has 1 unspecified atom stereocenters. The number of hydrogen-bond donors (Lipinski definition) is 1. The zero-order chi connectivity index (χ0) is 28.8. The zero-order valence-electron chi connectivity index (χ0n) is 23.0. The highest BCUT2D eigenvalue weighted by atomic mass is 32.2. The van der Waals surface area contributed by atoms with E-state index < -0.39 is 12.0 Å². The third kappa shape index (κ3) is 6.28. The van der Waals surface area contributed by atoms with Gasteiger partial charge in [0.05, 0.1) is 38.0 Å². The van der Waals surface area contributed by atoms with Crippen molar-refractivity contribution >= 4 is 28.8 Å². The number of carbonyl (C=O) groups excluding carboxylic acids is 2. The fourth-order valence-corrected chi connectivity index (χ4v) is 5.66. The predicted octanol–water partition coefficient (Wildman–Crippen LogP) is 5.12. The summed E-state index contributed by atoms with van der Waals surface area (Å²) in [5.41, 5.74) is 4.43. The van der Waals surface area contributed by atoms with Crippen LogP contribution >= 0.6 is 11.8 Å². The van der Waals surface area contributed by atoms with Gasteiger partial charge in [-0.25, -0.2) is 9.79 Å². The van der Waals surface area contributed by atoms with Crippen molar-refractivity contribution in [1.82, 2.24) is 15.2 Å². The molecular weight excluding hydrogens is 540 g/mol. The standard InChI is InChI=1S/C31H30N4O5S/c1-20-28(30(37)39-3)29(23-9-10-25(26(15-23)38-2)40-18-22-7-5-4-6-8-22)35-24(19-41-31(35)34-20)16-27(36)33-17-21-11-13-32-14-12-21/h4-15,19,29H,16-18H2,1-3H3,(H,33,36). The summed E-state index contributed by atoms with van der Waals surface area (Å²) in [7, 11) is 2.93. The number of aromatic nitrogens is 1. The van der Waals surface area contributed by atoms with E-state index in [-0.39, 0.29) is 12.3 Å². The van der Waals surface area contributed by atoms with Crippen LogP contribution in [-0.4, -0.2) is 41.1 Å². The summed E-state index contributed by atoms with van der Waals surface area (Å²) < 4.78 is 16.9. The number of pyridine rings is 1. The molecule has 0 bridgehead atoms. The van der Waals surface area contributed by atoms with Crippen molar-refractivity contribution in [3.05, 3.63) is 112 Å². The molecule has 2 aliphatic heterocycles. The SMILES string of the molecule is COC(=O)C1=C(C)N=C2SC=C(CC(=O)NCc3ccncc3)N2C1c1ccc(OCc2ccccc2)c(OC)c1. The van der Waals surface area contributed by atoms with Crippen LogP contribution < -0.4 is 14.8 Å². The van der Waals surface area contributed by atoms with E-state index >= 15 is 0 Å². The van der Waals surface area contributed by atoms with E-state index in [2.05, 4.69) is 15.3 Å². The molecule has 5 rings (SSSR count). The van der Waals surface area contributed by atoms with Crippen LogP contribution in [-0.2, 0) is 27.5 Å². The summed E-state index contributed by atoms with van der Waals surface area (Å²) in [4.78, 5) is 36.7. The van der Waals surface area contributed by atoms with E-state index in [0.717, 1.165) is 22.4 Å². The smallest absolute Gasteiger partial charge is 0.338 e. The molecule has 41 heavy (non-hydrogen) atoms. The number of amidine groups is 1. The van der Waals surface area contributed by atoms with Crippen LogP contribution in [0.15, 0.2) is 100 Å². The lowest BCUT2D eigenvalue weighted by molar-refractivity contribution is -0.136. The minimum atomic E-state index is -0.582. The van der Waals surface area contributed by atoms with Gasteiger partial charge in [0.1, 0.15) is 6.61 Å². The van der Waals surface area contributed by atoms with Gasteiger partial charge in [-0.05, 0) is 53.3 Å². The lowest BCUT2D eigenvalue weighted by atomic mass is 9.93. The maximum atomic E-state index is 13.1. The zero-order valence-corrected chi connectivity index (χ0v) is 23.8. The summed E-state index contributed by atoms with van der Waals surface area (Å²) in [6, 6.07) is 18.6. The highest BCUT2D eigenvalue weighted by Crippen LogP contribution is 2.46. The quantitative estimate of drug-likeness (QED) is 0.335. The van der Waals surface area contributed by atoms with Gasteiger partial charge in [0.25, 0.3) is 0 Å². The van der Waals surface area contributed by atoms with Gasteiger partial charge in [-0.15, -0.1) is 0 Å². The van der Waals surface area contributed by atoms with E-state index in [0.29, 0.717) is 41.1 Å². The van der Waals surface area contributed by atoms with Gasteiger partial charge in [0.2, 0.25) is 5.91 Å². The molecule has 210 valence electrons. The molecule has 1 atom stereocenters. The normalized spacial score (nSPS) is 16.0. The largest absolute Gasteiger partial charge is 0.493 e. The molecule has 1 N–H and O–H groups in total. The number of thioether (sulfide) groups is 1. The second-order valence-electron chi connectivity index (χ2n) is 9.38. The molecule has 3 aromatic rings. The molecule has 0 saturated carbocycles. The molecule has 0 spiro atoms. The van der Waals surface area contributed by atoms with Crippen LogP contribution in [0.5, 0.6) is 11.5 Å². The lowest BCUT2D eigenvalue weighted by Gasteiger charge is -2.36. The number of benzene rings is 2. The number of allylic oxidation sites excluding steroid dienone is 1. The number of nitrogens with one attached hydrogen (secondary N) is 1. The number of fused-ring (bicyclic) bond motifs is 1. The summed E-state index contributed by atoms with van der Waals surface area (Å²) in [5.74, 6) is 0.461. The van der Waals surface area contributed by atoms with E-state index in [4.69, 9.17) is 14.2 Å². The molecular formula is C31H30N4O5S. The summed E-state index contributed by atoms with van der Waals surface area (Å²) in [6.07, 6.45) is 3.48. The molecule has 9 nitrogen and oxygen atoms in total. The van der Waals surface area contributed by atoms with E-state index in [9.17, 15) is 9.59 Å². The van der Waals surface area contributed by atoms with Crippen LogP contribution in [0.1, 0.15) is 36.1 Å². The molecule has 3 heterocycles. The highest BCUT2D eigenvalue weighted by Gasteiger charge is 2.41. The topological polar surface area (TPSA) is 102 Å². The second kappa shape index (κ2) is 12.7. The summed E-state index contributed by atoms with van der Waals surface area (Å²) in [5, 5.41) is 5.54. The van der Waals surface area contributed by atoms with Crippen molar-refractivity contribution in [3.63, 3.8) is 0 Å². The molecule has 0 saturated heterocycles. The fourth-order valence-electron chi connectivity index (χ4n) is 4.69. The minimum Gasteiger partial charge on any atom is -0.493 e. The first-order chi connectivity index (χ1) is 20.0. The van der Waals surface area contributed by atoms with Gasteiger partial charge in [-0.3, -0.25) is 9.78 Å². The third-order valence-corrected chi connectivity index (χ3v) is 7.62. The molecule has 1 amide bonds. The molecule has 1 aromatic heterocycles. The van der Waals surface area contributed by atoms with Crippen LogP contribution in [0.3, 0.4) is 0 Å². The van der Waals surface area contributed by atoms with E-state index in [1.54, 1.807) is 26.4 Å². The van der Waals surface area contributed by atoms with Gasteiger partial charge in [-0.1, -0.05) is 48.2 Å². The van der Waals surface area contributed by atoms with Gasteiger partial charge >= 0.3 is 5.97 Å². The first-order valence-corrected chi connectivity index (χ1v) is 13.9. The number of esters is 1. The minimum absolute atomic E-state index is 0.108. The molecule has 2 aromatic carbocycles. The number of hydrogen-bond acceptors (Lipinski definition) is 9. The second-order valence-corrected chi connectivity index (χ2v) is 10.2. The van der Waals surface area contributed by atoms with Gasteiger partial charge in [-0.2, -0.15) is 0 Å². The number of rotatable bonds is 10. The van der Waals surface area contributed by atoms with Crippen LogP contribution in [0.25, 0.3) is 0 Å². The van der Waals surface area contributed by atoms with Crippen molar-refractivity contribution in [2.75, 3.05) is 14.2 Å². The monoisotopic (exact) mass is 570 g/mol. The van der Waals surface area contributed by atoms with Crippen molar-refractivity contribution in [2.24, 2.45) is 4.99 Å². The Bertz CT molecular complexity index is 1520. The van der Waals surface area contributed by atoms with Crippen molar-refractivity contribution in [3.8, 4) is 11.5 Å². The Morgan fingerprint density at radius 2 is 1.78 bits per heavy atom. The Kier molecular flexibility index (Phi) is 8.69. The van der Waals surface area contributed by atoms with Crippen molar-refractivity contribution < 1.29 is 23.8 Å². The van der Waals surface area contributed by atoms with Gasteiger partial charge in [0.15, 0.2) is 16.7 Å². The van der Waals surface area contributed by atoms with Gasteiger partial charge in [0, 0.05) is 24.6 Å². The Morgan fingerprint density at radius 3 is 2.51 bits per heavy atom. The van der Waals surface area contributed by atoms with Crippen LogP contribution in [0.2, 0.25) is 0 Å². The maximum Gasteiger partial charge on any atom is 0.338 e. The molecule has 0 radical (unpaired) electrons. The Morgan fingerprint density at radius 1 is 1.00 bits per heavy atom. The Balaban J connectivity index is 1.42. The average Bonchev–Trinajstić information content (AvgIpc) is 3.40. The number of nitrogens with zero attached hydrogens (tertiary/aromatic N) is 3. The van der Waals surface area contributed by atoms with E-state index in [1.807, 2.05) is 71.0 Å². The third-order valence-electron chi connectivity index (χ3n) is 6.73. The Hall–Kier alpha value is -4.57. The number of aliphatic imine (C=N–C) groups is 1. The number of ether oxygens (including phenoxy) is 3. The molecule has 2 aliphatic rings. The average molecular weight is 571 g/mol. The number of methoxy groups -OCH3 is 2. The molecule has 0 fully saturated rings. The fraction of sp³-hybridized carbons (Fsp3) is 0.226. The lowest BCUT2D eigenvalue weighted by Crippen LogP contribution is -2.37. The van der Waals surface area contributed by atoms with Crippen LogP contribution in [0, 0.1) is 0 Å². The molecule has 10 heteroatoms. The predicted molar refractivity (Wildman–Crippen MR) is 157 cm³/mol. The van der Waals surface area contributed by atoms with Crippen LogP contribution in [0.4, 0.5) is 0 Å². The van der Waals surface area contributed by atoms with Crippen molar-refractivity contribution in [1.29, 1.82) is 0 Å². The maximum absolute atomic E-state index is 13.1. The molecule has 0 aliphatic carbocycles. The summed E-state index contributed by atoms with van der Waals surface area (Å²) in [6.45, 7) is 2.56.